The van der Waals surface area contributed by atoms with Gasteiger partial charge in [0.25, 0.3) is 0 Å². The van der Waals surface area contributed by atoms with Gasteiger partial charge in [0.1, 0.15) is 0 Å². The summed E-state index contributed by atoms with van der Waals surface area (Å²) in [4.78, 5) is 0. The minimum atomic E-state index is -0.153. The van der Waals surface area contributed by atoms with Gasteiger partial charge in [-0.25, -0.2) is 0 Å². The molecule has 0 spiro atoms. The van der Waals surface area contributed by atoms with Gasteiger partial charge in [0, 0.05) is 21.9 Å². The molecule has 1 heteroatoms. The Morgan fingerprint density at radius 3 is 1.52 bits per heavy atom. The van der Waals surface area contributed by atoms with E-state index < -0.39 is 0 Å². The zero-order chi connectivity index (χ0) is 43.7. The number of rotatable bonds is 4. The lowest BCUT2D eigenvalue weighted by Gasteiger charge is -2.24. The first-order chi connectivity index (χ1) is 32.5. The third-order valence-electron chi connectivity index (χ3n) is 14.9. The molecule has 308 valence electrons. The Morgan fingerprint density at radius 2 is 0.803 bits per heavy atom. The summed E-state index contributed by atoms with van der Waals surface area (Å²) in [5.41, 5.74) is 16.5. The van der Waals surface area contributed by atoms with E-state index in [1.165, 1.54) is 137 Å². The topological polar surface area (TPSA) is 4.93 Å². The van der Waals surface area contributed by atoms with Crippen LogP contribution in [0, 0.1) is 0 Å². The molecule has 12 aromatic carbocycles. The second-order valence-corrected chi connectivity index (χ2v) is 18.7. The van der Waals surface area contributed by atoms with E-state index >= 15 is 0 Å². The monoisotopic (exact) mass is 837 g/mol. The summed E-state index contributed by atoms with van der Waals surface area (Å²) in [6.07, 6.45) is 0. The molecule has 0 unspecified atom stereocenters. The van der Waals surface area contributed by atoms with Gasteiger partial charge in [0.05, 0.1) is 11.0 Å². The van der Waals surface area contributed by atoms with Crippen LogP contribution in [0.4, 0.5) is 0 Å². The first-order valence-electron chi connectivity index (χ1n) is 23.2. The van der Waals surface area contributed by atoms with Crippen molar-refractivity contribution in [3.05, 3.63) is 236 Å². The quantitative estimate of drug-likeness (QED) is 0.123. The predicted octanol–water partition coefficient (Wildman–Crippen LogP) is 17.9. The second kappa shape index (κ2) is 13.9. The zero-order valence-corrected chi connectivity index (χ0v) is 36.8. The lowest BCUT2D eigenvalue weighted by atomic mass is 9.78. The fourth-order valence-electron chi connectivity index (χ4n) is 12.1. The number of aromatic nitrogens is 1. The lowest BCUT2D eigenvalue weighted by molar-refractivity contribution is 0.667. The summed E-state index contributed by atoms with van der Waals surface area (Å²) in [5.74, 6) is 0. The van der Waals surface area contributed by atoms with Gasteiger partial charge in [-0.2, -0.15) is 0 Å². The highest BCUT2D eigenvalue weighted by molar-refractivity contribution is 6.24. The van der Waals surface area contributed by atoms with Gasteiger partial charge >= 0.3 is 0 Å². The van der Waals surface area contributed by atoms with Crippen molar-refractivity contribution < 1.29 is 0 Å². The molecule has 0 radical (unpaired) electrons. The van der Waals surface area contributed by atoms with E-state index in [9.17, 15) is 0 Å². The molecule has 1 aliphatic carbocycles. The summed E-state index contributed by atoms with van der Waals surface area (Å²) < 4.78 is 2.40. The number of benzene rings is 12. The summed E-state index contributed by atoms with van der Waals surface area (Å²) in [6.45, 7) is 4.83. The van der Waals surface area contributed by atoms with Gasteiger partial charge in [0.2, 0.25) is 0 Å². The normalized spacial score (nSPS) is 13.1. The number of fused-ring (bicyclic) bond motifs is 15. The van der Waals surface area contributed by atoms with Crippen molar-refractivity contribution in [3.8, 4) is 50.2 Å². The molecule has 0 aliphatic heterocycles. The summed E-state index contributed by atoms with van der Waals surface area (Å²) >= 11 is 0. The Labute approximate surface area is 383 Å². The van der Waals surface area contributed by atoms with Crippen molar-refractivity contribution in [3.63, 3.8) is 0 Å². The average Bonchev–Trinajstić information content (AvgIpc) is 3.84. The Balaban J connectivity index is 0.953. The predicted molar refractivity (Wildman–Crippen MR) is 282 cm³/mol. The molecular formula is C65H43N. The summed E-state index contributed by atoms with van der Waals surface area (Å²) in [6, 6.07) is 83.8. The van der Waals surface area contributed by atoms with Crippen LogP contribution in [0.3, 0.4) is 0 Å². The Bertz CT molecular complexity index is 4130. The molecule has 0 amide bonds. The average molecular weight is 838 g/mol. The van der Waals surface area contributed by atoms with Crippen molar-refractivity contribution in [1.29, 1.82) is 0 Å². The number of para-hydroxylation sites is 2. The molecule has 0 saturated carbocycles. The number of nitrogens with zero attached hydrogens (tertiary/aromatic N) is 1. The van der Waals surface area contributed by atoms with E-state index in [4.69, 9.17) is 0 Å². The minimum Gasteiger partial charge on any atom is -0.309 e. The van der Waals surface area contributed by atoms with E-state index in [1.807, 2.05) is 0 Å². The molecule has 1 heterocycles. The molecule has 0 atom stereocenters. The van der Waals surface area contributed by atoms with E-state index in [2.05, 4.69) is 243 Å². The highest BCUT2D eigenvalue weighted by Crippen LogP contribution is 2.57. The molecule has 0 N–H and O–H groups in total. The molecule has 0 saturated heterocycles. The Morgan fingerprint density at radius 1 is 0.288 bits per heavy atom. The molecule has 1 nitrogen and oxygen atoms in total. The molecule has 1 aromatic heterocycles. The molecule has 14 rings (SSSR count). The molecule has 1 aliphatic rings. The van der Waals surface area contributed by atoms with Crippen LogP contribution >= 0.6 is 0 Å². The van der Waals surface area contributed by atoms with Crippen LogP contribution < -0.4 is 0 Å². The number of hydrogen-bond acceptors (Lipinski definition) is 0. The largest absolute Gasteiger partial charge is 0.309 e. The standard InChI is InChI=1S/C65H43N/c1-65(2)57-35-32-40-17-6-7-22-46(40)62(57)63-49-25-9-8-23-47(49)55-38-42(31-34-54(55)64(63)65)41-18-16-19-43(37-41)60-50-26-10-12-28-52(50)61(53-29-13-11-27-51(53)60)44-33-36-59-56(39-44)48-24-14-15-30-58(48)66(59)45-20-4-3-5-21-45/h3-39H,1-2H3. The van der Waals surface area contributed by atoms with Crippen LogP contribution in [0.25, 0.3) is 126 Å². The maximum absolute atomic E-state index is 2.46. The highest BCUT2D eigenvalue weighted by atomic mass is 15.0. The van der Waals surface area contributed by atoms with Crippen molar-refractivity contribution in [2.45, 2.75) is 19.3 Å². The van der Waals surface area contributed by atoms with Crippen LogP contribution in [0.2, 0.25) is 0 Å². The highest BCUT2D eigenvalue weighted by Gasteiger charge is 2.39. The van der Waals surface area contributed by atoms with Crippen molar-refractivity contribution in [2.75, 3.05) is 0 Å². The SMILES string of the molecule is CC1(C)c2ccc3ccccc3c2-c2c1c1ccc(-c3cccc(-c4c5ccccc5c(-c5ccc6c(c5)c5ccccc5n6-c5ccccc5)c5ccccc45)c3)cc1c1ccccc21. The van der Waals surface area contributed by atoms with E-state index in [0.717, 1.165) is 0 Å². The van der Waals surface area contributed by atoms with Crippen LogP contribution in [0.1, 0.15) is 25.0 Å². The smallest absolute Gasteiger partial charge is 0.0541 e. The maximum Gasteiger partial charge on any atom is 0.0541 e. The van der Waals surface area contributed by atoms with Crippen LogP contribution in [0.5, 0.6) is 0 Å². The van der Waals surface area contributed by atoms with Gasteiger partial charge in [0.15, 0.2) is 0 Å². The first-order valence-corrected chi connectivity index (χ1v) is 23.2. The lowest BCUT2D eigenvalue weighted by Crippen LogP contribution is -2.15. The van der Waals surface area contributed by atoms with Gasteiger partial charge in [-0.3, -0.25) is 0 Å². The summed E-state index contributed by atoms with van der Waals surface area (Å²) in [5, 5.41) is 15.4. The molecular weight excluding hydrogens is 795 g/mol. The number of hydrogen-bond donors (Lipinski definition) is 0. The van der Waals surface area contributed by atoms with Crippen molar-refractivity contribution in [2.24, 2.45) is 0 Å². The molecule has 66 heavy (non-hydrogen) atoms. The van der Waals surface area contributed by atoms with Gasteiger partial charge in [-0.05, 0) is 152 Å². The minimum absolute atomic E-state index is 0.153. The fourth-order valence-corrected chi connectivity index (χ4v) is 12.1. The second-order valence-electron chi connectivity index (χ2n) is 18.7. The van der Waals surface area contributed by atoms with E-state index in [-0.39, 0.29) is 5.41 Å². The Kier molecular flexibility index (Phi) is 7.81. The van der Waals surface area contributed by atoms with Crippen molar-refractivity contribution in [1.82, 2.24) is 4.57 Å². The van der Waals surface area contributed by atoms with E-state index in [1.54, 1.807) is 0 Å². The molecule has 0 bridgehead atoms. The third-order valence-corrected chi connectivity index (χ3v) is 14.9. The first kappa shape index (κ1) is 37.1. The maximum atomic E-state index is 2.46. The van der Waals surface area contributed by atoms with Crippen LogP contribution in [0.15, 0.2) is 224 Å². The van der Waals surface area contributed by atoms with Gasteiger partial charge in [-0.15, -0.1) is 0 Å². The zero-order valence-electron chi connectivity index (χ0n) is 36.8. The molecule has 13 aromatic rings. The Hall–Kier alpha value is -8.26. The van der Waals surface area contributed by atoms with Crippen molar-refractivity contribution >= 4 is 75.7 Å². The van der Waals surface area contributed by atoms with Crippen LogP contribution in [-0.4, -0.2) is 4.57 Å². The van der Waals surface area contributed by atoms with Gasteiger partial charge in [-0.1, -0.05) is 196 Å². The fraction of sp³-hybridized carbons (Fsp3) is 0.0462. The van der Waals surface area contributed by atoms with Gasteiger partial charge < -0.3 is 4.57 Å². The third kappa shape index (κ3) is 5.17. The van der Waals surface area contributed by atoms with Crippen LogP contribution in [-0.2, 0) is 5.41 Å². The van der Waals surface area contributed by atoms with E-state index in [0.29, 0.717) is 0 Å². The summed E-state index contributed by atoms with van der Waals surface area (Å²) in [7, 11) is 0. The molecule has 0 fully saturated rings.